The van der Waals surface area contributed by atoms with Gasteiger partial charge in [0.25, 0.3) is 0 Å². The van der Waals surface area contributed by atoms with Crippen LogP contribution in [0.4, 0.5) is 4.79 Å². The van der Waals surface area contributed by atoms with Crippen molar-refractivity contribution in [2.24, 2.45) is 0 Å². The molecule has 0 saturated carbocycles. The zero-order valence-corrected chi connectivity index (χ0v) is 11.5. The van der Waals surface area contributed by atoms with Crippen molar-refractivity contribution < 1.29 is 14.6 Å². The molecule has 0 fully saturated rings. The van der Waals surface area contributed by atoms with E-state index < -0.39 is 6.09 Å². The SMILES string of the molecule is O=C(NCC=Cc1ccccc1O)OCc1ccccc1. The predicted molar refractivity (Wildman–Crippen MR) is 81.8 cm³/mol. The molecule has 108 valence electrons. The van der Waals surface area contributed by atoms with E-state index in [1.165, 1.54) is 0 Å². The minimum atomic E-state index is -0.471. The number of alkyl carbamates (subject to hydrolysis) is 1. The first-order valence-corrected chi connectivity index (χ1v) is 6.65. The largest absolute Gasteiger partial charge is 0.507 e. The number of phenols is 1. The first-order chi connectivity index (χ1) is 10.3. The van der Waals surface area contributed by atoms with Crippen LogP contribution >= 0.6 is 0 Å². The number of nitrogens with one attached hydrogen (secondary N) is 1. The number of rotatable bonds is 5. The number of hydrogen-bond acceptors (Lipinski definition) is 3. The van der Waals surface area contributed by atoms with Gasteiger partial charge in [0, 0.05) is 12.1 Å². The summed E-state index contributed by atoms with van der Waals surface area (Å²) in [6, 6.07) is 16.5. The third-order valence-electron chi connectivity index (χ3n) is 2.81. The fraction of sp³-hybridized carbons (Fsp3) is 0.118. The van der Waals surface area contributed by atoms with Gasteiger partial charge >= 0.3 is 6.09 Å². The molecule has 0 spiro atoms. The summed E-state index contributed by atoms with van der Waals surface area (Å²) in [7, 11) is 0. The minimum Gasteiger partial charge on any atom is -0.507 e. The smallest absolute Gasteiger partial charge is 0.407 e. The first kappa shape index (κ1) is 14.7. The van der Waals surface area contributed by atoms with Crippen LogP contribution in [0.1, 0.15) is 11.1 Å². The lowest BCUT2D eigenvalue weighted by Crippen LogP contribution is -2.24. The maximum atomic E-state index is 11.5. The van der Waals surface area contributed by atoms with Crippen LogP contribution < -0.4 is 5.32 Å². The quantitative estimate of drug-likeness (QED) is 0.885. The molecule has 4 nitrogen and oxygen atoms in total. The highest BCUT2D eigenvalue weighted by Crippen LogP contribution is 2.16. The molecule has 0 atom stereocenters. The van der Waals surface area contributed by atoms with E-state index >= 15 is 0 Å². The van der Waals surface area contributed by atoms with Gasteiger partial charge in [-0.05, 0) is 11.6 Å². The molecule has 0 aliphatic rings. The number of para-hydroxylation sites is 1. The first-order valence-electron chi connectivity index (χ1n) is 6.65. The van der Waals surface area contributed by atoms with E-state index in [-0.39, 0.29) is 12.4 Å². The van der Waals surface area contributed by atoms with E-state index in [1.54, 1.807) is 30.4 Å². The van der Waals surface area contributed by atoms with Gasteiger partial charge in [0.05, 0.1) is 0 Å². The van der Waals surface area contributed by atoms with Crippen LogP contribution in [-0.2, 0) is 11.3 Å². The zero-order chi connectivity index (χ0) is 14.9. The second-order valence-electron chi connectivity index (χ2n) is 4.40. The molecular weight excluding hydrogens is 266 g/mol. The van der Waals surface area contributed by atoms with Gasteiger partial charge in [-0.15, -0.1) is 0 Å². The summed E-state index contributed by atoms with van der Waals surface area (Å²) in [6.07, 6.45) is 3.02. The van der Waals surface area contributed by atoms with E-state index in [1.807, 2.05) is 36.4 Å². The Morgan fingerprint density at radius 3 is 2.57 bits per heavy atom. The molecule has 0 aliphatic heterocycles. The van der Waals surface area contributed by atoms with Crippen molar-refractivity contribution in [1.29, 1.82) is 0 Å². The highest BCUT2D eigenvalue weighted by Gasteiger charge is 2.00. The van der Waals surface area contributed by atoms with Gasteiger partial charge in [-0.1, -0.05) is 60.7 Å². The summed E-state index contributed by atoms with van der Waals surface area (Å²) in [4.78, 5) is 11.5. The predicted octanol–water partition coefficient (Wildman–Crippen LogP) is 3.33. The van der Waals surface area contributed by atoms with Gasteiger partial charge in [0.15, 0.2) is 0 Å². The van der Waals surface area contributed by atoms with Gasteiger partial charge in [0.1, 0.15) is 12.4 Å². The average molecular weight is 283 g/mol. The summed E-state index contributed by atoms with van der Waals surface area (Å²) in [5, 5.41) is 12.2. The summed E-state index contributed by atoms with van der Waals surface area (Å²) in [5.41, 5.74) is 1.65. The Balaban J connectivity index is 1.71. The van der Waals surface area contributed by atoms with Gasteiger partial charge in [0.2, 0.25) is 0 Å². The maximum Gasteiger partial charge on any atom is 0.407 e. The normalized spacial score (nSPS) is 10.5. The monoisotopic (exact) mass is 283 g/mol. The van der Waals surface area contributed by atoms with Crippen molar-refractivity contribution in [3.05, 3.63) is 71.8 Å². The number of carbonyl (C=O) groups is 1. The topological polar surface area (TPSA) is 58.6 Å². The van der Waals surface area contributed by atoms with E-state index in [4.69, 9.17) is 4.74 Å². The van der Waals surface area contributed by atoms with Crippen molar-refractivity contribution in [2.75, 3.05) is 6.54 Å². The van der Waals surface area contributed by atoms with Gasteiger partial charge < -0.3 is 15.2 Å². The molecule has 4 heteroatoms. The Bertz CT molecular complexity index is 608. The molecule has 2 aromatic carbocycles. The Morgan fingerprint density at radius 2 is 1.81 bits per heavy atom. The minimum absolute atomic E-state index is 0.209. The Morgan fingerprint density at radius 1 is 1.10 bits per heavy atom. The number of amides is 1. The molecule has 1 amide bonds. The molecule has 0 radical (unpaired) electrons. The number of carbonyl (C=O) groups excluding carboxylic acids is 1. The van der Waals surface area contributed by atoms with E-state index in [0.717, 1.165) is 5.56 Å². The van der Waals surface area contributed by atoms with E-state index in [2.05, 4.69) is 5.32 Å². The highest BCUT2D eigenvalue weighted by atomic mass is 16.5. The molecule has 0 unspecified atom stereocenters. The van der Waals surface area contributed by atoms with Crippen LogP contribution in [0.5, 0.6) is 5.75 Å². The average Bonchev–Trinajstić information content (AvgIpc) is 2.52. The maximum absolute atomic E-state index is 11.5. The number of phenolic OH excluding ortho intramolecular Hbond substituents is 1. The number of hydrogen-bond donors (Lipinski definition) is 2. The van der Waals surface area contributed by atoms with Crippen molar-refractivity contribution in [2.45, 2.75) is 6.61 Å². The summed E-state index contributed by atoms with van der Waals surface area (Å²) in [5.74, 6) is 0.209. The summed E-state index contributed by atoms with van der Waals surface area (Å²) in [6.45, 7) is 0.581. The van der Waals surface area contributed by atoms with Crippen LogP contribution in [0.15, 0.2) is 60.7 Å². The lowest BCUT2D eigenvalue weighted by molar-refractivity contribution is 0.141. The number of benzene rings is 2. The summed E-state index contributed by atoms with van der Waals surface area (Å²) >= 11 is 0. The van der Waals surface area contributed by atoms with Crippen molar-refractivity contribution >= 4 is 12.2 Å². The van der Waals surface area contributed by atoms with Crippen LogP contribution in [-0.4, -0.2) is 17.7 Å². The molecular formula is C17H17NO3. The molecule has 2 aromatic rings. The van der Waals surface area contributed by atoms with Crippen LogP contribution in [0.2, 0.25) is 0 Å². The Labute approximate surface area is 123 Å². The fourth-order valence-corrected chi connectivity index (χ4v) is 1.73. The third-order valence-corrected chi connectivity index (χ3v) is 2.81. The standard InChI is InChI=1S/C17H17NO3/c19-16-11-5-4-9-15(16)10-6-12-18-17(20)21-13-14-7-2-1-3-8-14/h1-11,19H,12-13H2,(H,18,20). The number of ether oxygens (including phenoxy) is 1. The number of aromatic hydroxyl groups is 1. The Kier molecular flexibility index (Phi) is 5.41. The third kappa shape index (κ3) is 5.03. The van der Waals surface area contributed by atoms with Gasteiger partial charge in [-0.3, -0.25) is 0 Å². The van der Waals surface area contributed by atoms with Crippen LogP contribution in [0, 0.1) is 0 Å². The van der Waals surface area contributed by atoms with Gasteiger partial charge in [-0.2, -0.15) is 0 Å². The van der Waals surface area contributed by atoms with Crippen molar-refractivity contribution in [3.8, 4) is 5.75 Å². The molecule has 2 rings (SSSR count). The fourth-order valence-electron chi connectivity index (χ4n) is 1.73. The van der Waals surface area contributed by atoms with Crippen molar-refractivity contribution in [3.63, 3.8) is 0 Å². The molecule has 0 aromatic heterocycles. The van der Waals surface area contributed by atoms with Crippen molar-refractivity contribution in [1.82, 2.24) is 5.32 Å². The molecule has 0 aliphatic carbocycles. The molecule has 0 bridgehead atoms. The van der Waals surface area contributed by atoms with Crippen LogP contribution in [0.3, 0.4) is 0 Å². The second kappa shape index (κ2) is 7.75. The Hall–Kier alpha value is -2.75. The lowest BCUT2D eigenvalue weighted by Gasteiger charge is -2.05. The molecule has 21 heavy (non-hydrogen) atoms. The lowest BCUT2D eigenvalue weighted by atomic mass is 10.2. The highest BCUT2D eigenvalue weighted by molar-refractivity contribution is 5.67. The van der Waals surface area contributed by atoms with Crippen LogP contribution in [0.25, 0.3) is 6.08 Å². The summed E-state index contributed by atoms with van der Waals surface area (Å²) < 4.78 is 5.07. The van der Waals surface area contributed by atoms with E-state index in [9.17, 15) is 9.90 Å². The molecule has 0 saturated heterocycles. The zero-order valence-electron chi connectivity index (χ0n) is 11.5. The van der Waals surface area contributed by atoms with E-state index in [0.29, 0.717) is 12.1 Å². The molecule has 0 heterocycles. The second-order valence-corrected chi connectivity index (χ2v) is 4.40. The molecule has 2 N–H and O–H groups in total. The van der Waals surface area contributed by atoms with Gasteiger partial charge in [-0.25, -0.2) is 4.79 Å².